The minimum Gasteiger partial charge on any atom is -0.441 e. The van der Waals surface area contributed by atoms with Gasteiger partial charge in [-0.15, -0.1) is 0 Å². The molecule has 0 saturated heterocycles. The van der Waals surface area contributed by atoms with Crippen molar-refractivity contribution in [2.45, 2.75) is 31.6 Å². The molecule has 7 heteroatoms. The number of carbonyl (C=O) groups excluding carboxylic acids is 1. The Morgan fingerprint density at radius 1 is 1.57 bits per heavy atom. The minimum absolute atomic E-state index is 0.0244. The third-order valence-corrected chi connectivity index (χ3v) is 5.06. The summed E-state index contributed by atoms with van der Waals surface area (Å²) in [4.78, 5) is 16.0. The average molecular weight is 324 g/mol. The van der Waals surface area contributed by atoms with Crippen LogP contribution in [-0.2, 0) is 21.3 Å². The number of amides is 1. The van der Waals surface area contributed by atoms with Gasteiger partial charge in [0.2, 0.25) is 11.8 Å². The van der Waals surface area contributed by atoms with Gasteiger partial charge < -0.3 is 9.73 Å². The van der Waals surface area contributed by atoms with Crippen LogP contribution in [0.4, 0.5) is 0 Å². The molecule has 1 atom stereocenters. The normalized spacial score (nSPS) is 15.9. The standard InChI is InChI=1S/C14H16N2O3S2/c1-9-12(16-14(19-9)10-4-5-20-6-10)7-21(18)8-13(17)15-11-2-3-11/h4-6,11H,2-3,7-8H2,1H3,(H,15,17). The van der Waals surface area contributed by atoms with E-state index in [9.17, 15) is 9.00 Å². The molecule has 1 aliphatic rings. The van der Waals surface area contributed by atoms with E-state index in [0.29, 0.717) is 23.4 Å². The number of hydrogen-bond acceptors (Lipinski definition) is 5. The van der Waals surface area contributed by atoms with Crippen molar-refractivity contribution in [1.29, 1.82) is 0 Å². The number of carbonyl (C=O) groups is 1. The van der Waals surface area contributed by atoms with Gasteiger partial charge in [0.15, 0.2) is 0 Å². The number of thiophene rings is 1. The summed E-state index contributed by atoms with van der Waals surface area (Å²) >= 11 is 1.57. The van der Waals surface area contributed by atoms with Crippen LogP contribution in [0.25, 0.3) is 11.5 Å². The SMILES string of the molecule is Cc1oc(-c2ccsc2)nc1CS(=O)CC(=O)NC1CC1. The summed E-state index contributed by atoms with van der Waals surface area (Å²) < 4.78 is 17.6. The maximum absolute atomic E-state index is 12.0. The molecule has 0 radical (unpaired) electrons. The van der Waals surface area contributed by atoms with E-state index in [4.69, 9.17) is 4.42 Å². The lowest BCUT2D eigenvalue weighted by atomic mass is 10.3. The molecule has 0 bridgehead atoms. The Balaban J connectivity index is 1.61. The largest absolute Gasteiger partial charge is 0.441 e. The molecule has 112 valence electrons. The van der Waals surface area contributed by atoms with Gasteiger partial charge in [0.25, 0.3) is 0 Å². The number of oxazole rings is 1. The van der Waals surface area contributed by atoms with E-state index in [1.807, 2.05) is 16.8 Å². The van der Waals surface area contributed by atoms with Crippen LogP contribution in [0.5, 0.6) is 0 Å². The molecule has 5 nitrogen and oxygen atoms in total. The molecule has 0 spiro atoms. The summed E-state index contributed by atoms with van der Waals surface area (Å²) in [6.07, 6.45) is 2.07. The van der Waals surface area contributed by atoms with Gasteiger partial charge in [0.05, 0.1) is 11.4 Å². The first-order valence-corrected chi connectivity index (χ1v) is 9.18. The van der Waals surface area contributed by atoms with Gasteiger partial charge in [-0.25, -0.2) is 4.98 Å². The van der Waals surface area contributed by atoms with Crippen molar-refractivity contribution in [2.24, 2.45) is 0 Å². The van der Waals surface area contributed by atoms with Gasteiger partial charge in [-0.2, -0.15) is 11.3 Å². The van der Waals surface area contributed by atoms with E-state index >= 15 is 0 Å². The first-order chi connectivity index (χ1) is 10.1. The predicted octanol–water partition coefficient (Wildman–Crippen LogP) is 2.24. The highest BCUT2D eigenvalue weighted by atomic mass is 32.2. The molecule has 1 saturated carbocycles. The Hall–Kier alpha value is -1.47. The van der Waals surface area contributed by atoms with E-state index in [1.54, 1.807) is 18.3 Å². The fraction of sp³-hybridized carbons (Fsp3) is 0.429. The van der Waals surface area contributed by atoms with Gasteiger partial charge in [-0.3, -0.25) is 9.00 Å². The maximum atomic E-state index is 12.0. The van der Waals surface area contributed by atoms with Gasteiger partial charge in [0, 0.05) is 27.8 Å². The third kappa shape index (κ3) is 3.79. The van der Waals surface area contributed by atoms with Gasteiger partial charge in [-0.1, -0.05) is 0 Å². The monoisotopic (exact) mass is 324 g/mol. The maximum Gasteiger partial charge on any atom is 0.232 e. The molecular weight excluding hydrogens is 308 g/mol. The first kappa shape index (κ1) is 14.5. The van der Waals surface area contributed by atoms with E-state index in [2.05, 4.69) is 10.3 Å². The smallest absolute Gasteiger partial charge is 0.232 e. The van der Waals surface area contributed by atoms with E-state index in [0.717, 1.165) is 18.4 Å². The predicted molar refractivity (Wildman–Crippen MR) is 82.4 cm³/mol. The highest BCUT2D eigenvalue weighted by Gasteiger charge is 2.24. The number of nitrogens with zero attached hydrogens (tertiary/aromatic N) is 1. The number of nitrogens with one attached hydrogen (secondary N) is 1. The van der Waals surface area contributed by atoms with Gasteiger partial charge >= 0.3 is 0 Å². The van der Waals surface area contributed by atoms with Crippen molar-refractivity contribution >= 4 is 28.0 Å². The highest BCUT2D eigenvalue weighted by Crippen LogP contribution is 2.24. The zero-order valence-electron chi connectivity index (χ0n) is 11.6. The fourth-order valence-electron chi connectivity index (χ4n) is 1.92. The lowest BCUT2D eigenvalue weighted by Gasteiger charge is -2.02. The molecule has 21 heavy (non-hydrogen) atoms. The minimum atomic E-state index is -1.27. The summed E-state index contributed by atoms with van der Waals surface area (Å²) in [7, 11) is -1.27. The summed E-state index contributed by atoms with van der Waals surface area (Å²) in [5.41, 5.74) is 1.58. The second-order valence-electron chi connectivity index (χ2n) is 5.10. The van der Waals surface area contributed by atoms with E-state index in [-0.39, 0.29) is 17.4 Å². The first-order valence-electron chi connectivity index (χ1n) is 6.75. The van der Waals surface area contributed by atoms with Gasteiger partial charge in [0.1, 0.15) is 11.5 Å². The molecule has 1 N–H and O–H groups in total. The highest BCUT2D eigenvalue weighted by molar-refractivity contribution is 7.84. The molecule has 2 aromatic rings. The molecule has 0 aliphatic heterocycles. The molecule has 3 rings (SSSR count). The quantitative estimate of drug-likeness (QED) is 0.884. The summed E-state index contributed by atoms with van der Waals surface area (Å²) in [5, 5.41) is 6.75. The van der Waals surface area contributed by atoms with E-state index in [1.165, 1.54) is 0 Å². The molecule has 1 amide bonds. The fourth-order valence-corrected chi connectivity index (χ4v) is 3.60. The third-order valence-electron chi connectivity index (χ3n) is 3.19. The number of aromatic nitrogens is 1. The Labute approximate surface area is 129 Å². The van der Waals surface area contributed by atoms with Crippen molar-refractivity contribution in [3.05, 3.63) is 28.3 Å². The number of aryl methyl sites for hydroxylation is 1. The van der Waals surface area contributed by atoms with Crippen LogP contribution in [0.15, 0.2) is 21.2 Å². The van der Waals surface area contributed by atoms with Crippen LogP contribution in [0.2, 0.25) is 0 Å². The second kappa shape index (κ2) is 6.11. The lowest BCUT2D eigenvalue weighted by Crippen LogP contribution is -2.30. The summed E-state index contributed by atoms with van der Waals surface area (Å²) in [5.74, 6) is 1.33. The molecule has 2 heterocycles. The zero-order chi connectivity index (χ0) is 14.8. The molecule has 1 fully saturated rings. The molecule has 1 aliphatic carbocycles. The molecule has 1 unspecified atom stereocenters. The van der Waals surface area contributed by atoms with Crippen LogP contribution in [-0.4, -0.2) is 26.9 Å². The van der Waals surface area contributed by atoms with E-state index < -0.39 is 10.8 Å². The van der Waals surface area contributed by atoms with Crippen LogP contribution < -0.4 is 5.32 Å². The summed E-state index contributed by atoms with van der Waals surface area (Å²) in [6, 6.07) is 2.23. The molecular formula is C14H16N2O3S2. The Bertz CT molecular complexity index is 660. The Morgan fingerprint density at radius 2 is 2.38 bits per heavy atom. The van der Waals surface area contributed by atoms with Crippen LogP contribution in [0, 0.1) is 6.92 Å². The van der Waals surface area contributed by atoms with Crippen LogP contribution in [0.3, 0.4) is 0 Å². The molecule has 0 aromatic carbocycles. The van der Waals surface area contributed by atoms with Crippen molar-refractivity contribution in [1.82, 2.24) is 10.3 Å². The lowest BCUT2D eigenvalue weighted by molar-refractivity contribution is -0.118. The summed E-state index contributed by atoms with van der Waals surface area (Å²) in [6.45, 7) is 1.81. The van der Waals surface area contributed by atoms with Crippen molar-refractivity contribution < 1.29 is 13.4 Å². The van der Waals surface area contributed by atoms with Crippen molar-refractivity contribution in [2.75, 3.05) is 5.75 Å². The number of hydrogen-bond donors (Lipinski definition) is 1. The van der Waals surface area contributed by atoms with Crippen molar-refractivity contribution in [3.63, 3.8) is 0 Å². The van der Waals surface area contributed by atoms with Crippen LogP contribution >= 0.6 is 11.3 Å². The Kier molecular flexibility index (Phi) is 4.21. The molecule has 2 aromatic heterocycles. The van der Waals surface area contributed by atoms with Crippen LogP contribution in [0.1, 0.15) is 24.3 Å². The second-order valence-corrected chi connectivity index (χ2v) is 7.34. The number of rotatable bonds is 6. The topological polar surface area (TPSA) is 72.2 Å². The average Bonchev–Trinajstić information content (AvgIpc) is 2.94. The van der Waals surface area contributed by atoms with Crippen molar-refractivity contribution in [3.8, 4) is 11.5 Å². The van der Waals surface area contributed by atoms with Gasteiger partial charge in [-0.05, 0) is 31.2 Å². The zero-order valence-corrected chi connectivity index (χ0v) is 13.3. The Morgan fingerprint density at radius 3 is 3.05 bits per heavy atom.